The number of benzene rings is 1. The second-order valence-electron chi connectivity index (χ2n) is 4.18. The van der Waals surface area contributed by atoms with Gasteiger partial charge in [0, 0.05) is 34.9 Å². The van der Waals surface area contributed by atoms with Gasteiger partial charge in [-0.25, -0.2) is 9.37 Å². The number of fused-ring (bicyclic) bond motifs is 1. The van der Waals surface area contributed by atoms with E-state index < -0.39 is 10.8 Å². The molecule has 2 N–H and O–H groups in total. The van der Waals surface area contributed by atoms with Crippen molar-refractivity contribution in [3.8, 4) is 0 Å². The van der Waals surface area contributed by atoms with Crippen LogP contribution in [-0.2, 0) is 10.8 Å². The molecule has 2 atom stereocenters. The van der Waals surface area contributed by atoms with Gasteiger partial charge >= 0.3 is 0 Å². The van der Waals surface area contributed by atoms with Crippen molar-refractivity contribution in [2.24, 2.45) is 0 Å². The third-order valence-electron chi connectivity index (χ3n) is 2.68. The smallest absolute Gasteiger partial charge is 0.201 e. The lowest BCUT2D eigenvalue weighted by Crippen LogP contribution is -2.15. The monoisotopic (exact) mass is 333 g/mol. The Hall–Kier alpha value is -0.950. The first-order valence-corrected chi connectivity index (χ1v) is 7.84. The summed E-state index contributed by atoms with van der Waals surface area (Å²) in [5, 5.41) is 0. The number of hydrogen-bond acceptors (Lipinski definition) is 3. The molecule has 1 aromatic heterocycles. The number of nitrogens with two attached hydrogens (primary N) is 1. The fourth-order valence-electron chi connectivity index (χ4n) is 1.99. The summed E-state index contributed by atoms with van der Waals surface area (Å²) in [4.78, 5) is 4.12. The summed E-state index contributed by atoms with van der Waals surface area (Å²) in [6.07, 6.45) is 1.64. The quantitative estimate of drug-likeness (QED) is 0.938. The molecule has 2 aromatic rings. The van der Waals surface area contributed by atoms with Gasteiger partial charge in [-0.05, 0) is 28.9 Å². The number of hydrogen-bond donors (Lipinski definition) is 1. The molecule has 0 radical (unpaired) electrons. The Morgan fingerprint density at radius 1 is 1.61 bits per heavy atom. The molecule has 2 unspecified atom stereocenters. The second kappa shape index (κ2) is 4.97. The van der Waals surface area contributed by atoms with E-state index in [9.17, 15) is 8.60 Å². The van der Waals surface area contributed by atoms with Crippen LogP contribution in [0.4, 0.5) is 10.3 Å². The summed E-state index contributed by atoms with van der Waals surface area (Å²) < 4.78 is 26.8. The largest absolute Gasteiger partial charge is 0.369 e. The molecule has 0 aliphatic rings. The predicted octanol–water partition coefficient (Wildman–Crippen LogP) is 2.46. The molecule has 7 heteroatoms. The minimum atomic E-state index is -0.931. The Morgan fingerprint density at radius 3 is 2.89 bits per heavy atom. The second-order valence-corrected chi connectivity index (χ2v) is 6.52. The highest BCUT2D eigenvalue weighted by Gasteiger charge is 2.16. The van der Waals surface area contributed by atoms with Crippen LogP contribution in [0.3, 0.4) is 0 Å². The van der Waals surface area contributed by atoms with Gasteiger partial charge in [-0.1, -0.05) is 0 Å². The van der Waals surface area contributed by atoms with Crippen LogP contribution in [-0.4, -0.2) is 25.8 Å². The molecule has 0 saturated heterocycles. The molecule has 1 aromatic carbocycles. The van der Waals surface area contributed by atoms with Crippen molar-refractivity contribution in [3.63, 3.8) is 0 Å². The van der Waals surface area contributed by atoms with E-state index in [1.54, 1.807) is 16.9 Å². The number of imidazole rings is 1. The number of nitrogens with zero attached hydrogens (tertiary/aromatic N) is 2. The van der Waals surface area contributed by atoms with Crippen LogP contribution in [0, 0.1) is 5.82 Å². The van der Waals surface area contributed by atoms with Gasteiger partial charge in [0.1, 0.15) is 5.82 Å². The highest BCUT2D eigenvalue weighted by molar-refractivity contribution is 9.10. The Labute approximate surface area is 115 Å². The Bertz CT molecular complexity index is 628. The van der Waals surface area contributed by atoms with Crippen LogP contribution in [0.5, 0.6) is 0 Å². The average molecular weight is 334 g/mol. The third kappa shape index (κ3) is 2.42. The van der Waals surface area contributed by atoms with Crippen molar-refractivity contribution in [2.75, 3.05) is 17.7 Å². The van der Waals surface area contributed by atoms with Crippen LogP contribution in [0.15, 0.2) is 16.6 Å². The van der Waals surface area contributed by atoms with Crippen LogP contribution >= 0.6 is 15.9 Å². The molecule has 98 valence electrons. The minimum Gasteiger partial charge on any atom is -0.369 e. The zero-order chi connectivity index (χ0) is 13.4. The average Bonchev–Trinajstić information content (AvgIpc) is 2.53. The van der Waals surface area contributed by atoms with Gasteiger partial charge < -0.3 is 10.3 Å². The maximum absolute atomic E-state index is 13.4. The van der Waals surface area contributed by atoms with Gasteiger partial charge in [0.25, 0.3) is 0 Å². The molecule has 4 nitrogen and oxygen atoms in total. The zero-order valence-corrected chi connectivity index (χ0v) is 12.4. The summed E-state index contributed by atoms with van der Waals surface area (Å²) in [5.41, 5.74) is 7.08. The first-order chi connectivity index (χ1) is 8.40. The molecule has 0 saturated carbocycles. The van der Waals surface area contributed by atoms with Crippen LogP contribution < -0.4 is 5.73 Å². The van der Waals surface area contributed by atoms with E-state index >= 15 is 0 Å². The topological polar surface area (TPSA) is 60.9 Å². The Morgan fingerprint density at radius 2 is 2.28 bits per heavy atom. The highest BCUT2D eigenvalue weighted by atomic mass is 79.9. The number of anilines is 1. The lowest BCUT2D eigenvalue weighted by atomic mass is 10.3. The molecular weight excluding hydrogens is 321 g/mol. The van der Waals surface area contributed by atoms with E-state index in [1.807, 2.05) is 6.92 Å². The van der Waals surface area contributed by atoms with Crippen molar-refractivity contribution in [2.45, 2.75) is 13.0 Å². The molecule has 18 heavy (non-hydrogen) atoms. The molecule has 2 rings (SSSR count). The Kier molecular flexibility index (Phi) is 3.72. The summed E-state index contributed by atoms with van der Waals surface area (Å²) in [6.45, 7) is 1.91. The van der Waals surface area contributed by atoms with E-state index in [-0.39, 0.29) is 11.9 Å². The lowest BCUT2D eigenvalue weighted by Gasteiger charge is -2.14. The maximum atomic E-state index is 13.4. The standard InChI is InChI=1S/C11H13BrFN3OS/c1-6(5-18(2)17)16-10-3-7(12)8(13)4-9(10)15-11(16)14/h3-4,6H,5H2,1-2H3,(H2,14,15). The van der Waals surface area contributed by atoms with Gasteiger partial charge in [-0.15, -0.1) is 0 Å². The van der Waals surface area contributed by atoms with Crippen LogP contribution in [0.1, 0.15) is 13.0 Å². The first-order valence-electron chi connectivity index (χ1n) is 5.32. The molecular formula is C11H13BrFN3OS. The predicted molar refractivity (Wildman–Crippen MR) is 75.4 cm³/mol. The highest BCUT2D eigenvalue weighted by Crippen LogP contribution is 2.27. The fourth-order valence-corrected chi connectivity index (χ4v) is 3.15. The van der Waals surface area contributed by atoms with Crippen LogP contribution in [0.2, 0.25) is 0 Å². The first kappa shape index (κ1) is 13.5. The molecule has 1 heterocycles. The summed E-state index contributed by atoms with van der Waals surface area (Å²) in [6, 6.07) is 2.92. The number of halogens is 2. The van der Waals surface area contributed by atoms with Crippen molar-refractivity contribution in [1.82, 2.24) is 9.55 Å². The molecule has 0 fully saturated rings. The van der Waals surface area contributed by atoms with Crippen molar-refractivity contribution in [3.05, 3.63) is 22.4 Å². The van der Waals surface area contributed by atoms with Crippen molar-refractivity contribution in [1.29, 1.82) is 0 Å². The van der Waals surface area contributed by atoms with Gasteiger partial charge in [0.05, 0.1) is 15.5 Å². The SMILES string of the molecule is CC(CS(C)=O)n1c(N)nc2cc(F)c(Br)cc21. The van der Waals surface area contributed by atoms with Gasteiger partial charge in [-0.3, -0.25) is 4.21 Å². The summed E-state index contributed by atoms with van der Waals surface area (Å²) in [5.74, 6) is 0.407. The van der Waals surface area contributed by atoms with Crippen LogP contribution in [0.25, 0.3) is 11.0 Å². The van der Waals surface area contributed by atoms with E-state index in [0.29, 0.717) is 21.7 Å². The number of nitrogen functional groups attached to an aromatic ring is 1. The molecule has 0 aliphatic carbocycles. The number of rotatable bonds is 3. The van der Waals surface area contributed by atoms with Gasteiger partial charge in [0.2, 0.25) is 5.95 Å². The van der Waals surface area contributed by atoms with Crippen molar-refractivity contribution < 1.29 is 8.60 Å². The summed E-state index contributed by atoms with van der Waals surface area (Å²) in [7, 11) is -0.931. The molecule has 0 bridgehead atoms. The normalized spacial score (nSPS) is 14.9. The van der Waals surface area contributed by atoms with E-state index in [0.717, 1.165) is 5.52 Å². The van der Waals surface area contributed by atoms with Crippen molar-refractivity contribution >= 4 is 43.7 Å². The van der Waals surface area contributed by atoms with Gasteiger partial charge in [0.15, 0.2) is 0 Å². The molecule has 0 amide bonds. The minimum absolute atomic E-state index is 0.0572. The third-order valence-corrected chi connectivity index (χ3v) is 4.24. The molecule has 0 aliphatic heterocycles. The maximum Gasteiger partial charge on any atom is 0.201 e. The van der Waals surface area contributed by atoms with E-state index in [4.69, 9.17) is 5.73 Å². The Balaban J connectivity index is 2.59. The lowest BCUT2D eigenvalue weighted by molar-refractivity contribution is 0.614. The van der Waals surface area contributed by atoms with E-state index in [1.165, 1.54) is 6.07 Å². The summed E-state index contributed by atoms with van der Waals surface area (Å²) >= 11 is 3.14. The molecule has 0 spiro atoms. The number of aromatic nitrogens is 2. The van der Waals surface area contributed by atoms with E-state index in [2.05, 4.69) is 20.9 Å². The zero-order valence-electron chi connectivity index (χ0n) is 9.98. The van der Waals surface area contributed by atoms with Gasteiger partial charge in [-0.2, -0.15) is 0 Å². The fraction of sp³-hybridized carbons (Fsp3) is 0.364.